The van der Waals surface area contributed by atoms with Gasteiger partial charge in [0.2, 0.25) is 0 Å². The minimum atomic E-state index is -4.33. The first-order valence-corrected chi connectivity index (χ1v) is 7.53. The Balaban J connectivity index is 0.000000829. The monoisotopic (exact) mass is 289 g/mol. The van der Waals surface area contributed by atoms with Crippen molar-refractivity contribution in [2.24, 2.45) is 0 Å². The van der Waals surface area contributed by atoms with E-state index >= 15 is 0 Å². The van der Waals surface area contributed by atoms with E-state index in [0.29, 0.717) is 11.3 Å². The number of pyridine rings is 1. The van der Waals surface area contributed by atoms with Gasteiger partial charge in [-0.25, -0.2) is 4.98 Å². The fraction of sp³-hybridized carbons (Fsp3) is 0.688. The predicted octanol–water partition coefficient (Wildman–Crippen LogP) is 6.12. The highest BCUT2D eigenvalue weighted by Gasteiger charge is 2.37. The van der Waals surface area contributed by atoms with Crippen molar-refractivity contribution in [2.75, 3.05) is 0 Å². The average molecular weight is 289 g/mol. The van der Waals surface area contributed by atoms with E-state index in [9.17, 15) is 13.2 Å². The Morgan fingerprint density at radius 1 is 1.00 bits per heavy atom. The summed E-state index contributed by atoms with van der Waals surface area (Å²) in [5.41, 5.74) is 0.129. The molecule has 1 aromatic heterocycles. The molecule has 0 spiro atoms. The summed E-state index contributed by atoms with van der Waals surface area (Å²) < 4.78 is 38.5. The third-order valence-corrected chi connectivity index (χ3v) is 3.13. The van der Waals surface area contributed by atoms with E-state index < -0.39 is 11.9 Å². The molecule has 0 amide bonds. The number of aromatic nitrogens is 1. The lowest BCUT2D eigenvalue weighted by Gasteiger charge is -2.16. The van der Waals surface area contributed by atoms with Crippen LogP contribution in [0.1, 0.15) is 76.2 Å². The number of hydrogen-bond acceptors (Lipinski definition) is 1. The van der Waals surface area contributed by atoms with Gasteiger partial charge < -0.3 is 0 Å². The third-order valence-electron chi connectivity index (χ3n) is 3.13. The van der Waals surface area contributed by atoms with Crippen molar-refractivity contribution < 1.29 is 13.2 Å². The van der Waals surface area contributed by atoms with Gasteiger partial charge in [-0.2, -0.15) is 13.2 Å². The maximum Gasteiger partial charge on any atom is 0.433 e. The second kappa shape index (κ2) is 8.98. The van der Waals surface area contributed by atoms with E-state index in [-0.39, 0.29) is 5.92 Å². The van der Waals surface area contributed by atoms with Gasteiger partial charge >= 0.3 is 6.18 Å². The molecule has 2 rings (SSSR count). The molecule has 0 saturated heterocycles. The maximum atomic E-state index is 12.8. The largest absolute Gasteiger partial charge is 0.433 e. The number of rotatable bonds is 1. The molecule has 116 valence electrons. The molecule has 0 atom stereocenters. The Hall–Kier alpha value is -1.06. The second-order valence-corrected chi connectivity index (χ2v) is 4.37. The van der Waals surface area contributed by atoms with E-state index in [1.807, 2.05) is 27.7 Å². The minimum absolute atomic E-state index is 0.0460. The maximum absolute atomic E-state index is 12.8. The van der Waals surface area contributed by atoms with Crippen LogP contribution < -0.4 is 0 Å². The Morgan fingerprint density at radius 2 is 1.50 bits per heavy atom. The summed E-state index contributed by atoms with van der Waals surface area (Å²) in [6.07, 6.45) is -0.572. The van der Waals surface area contributed by atoms with Crippen LogP contribution in [0.2, 0.25) is 0 Å². The molecule has 0 bridgehead atoms. The van der Waals surface area contributed by atoms with Gasteiger partial charge in [-0.15, -0.1) is 0 Å². The smallest absolute Gasteiger partial charge is 0.248 e. The summed E-state index contributed by atoms with van der Waals surface area (Å²) in [6, 6.07) is 3.27. The standard InChI is InChI=1S/C12H14F3N.2C2H6/c1-8-6-7-10(9-4-2-3-5-9)11(16-8)12(13,14)15;2*1-2/h6-7,9H,2-5H2,1H3;2*1-2H3. The molecule has 1 nitrogen and oxygen atoms in total. The van der Waals surface area contributed by atoms with Crippen LogP contribution in [0.25, 0.3) is 0 Å². The zero-order chi connectivity index (χ0) is 15.8. The quantitative estimate of drug-likeness (QED) is 0.607. The fourth-order valence-corrected chi connectivity index (χ4v) is 2.36. The van der Waals surface area contributed by atoms with Crippen molar-refractivity contribution in [2.45, 2.75) is 72.4 Å². The van der Waals surface area contributed by atoms with Gasteiger partial charge in [0.25, 0.3) is 0 Å². The van der Waals surface area contributed by atoms with E-state index in [2.05, 4.69) is 4.98 Å². The minimum Gasteiger partial charge on any atom is -0.248 e. The fourth-order valence-electron chi connectivity index (χ4n) is 2.36. The molecule has 1 heterocycles. The Labute approximate surface area is 120 Å². The number of alkyl halides is 3. The molecule has 1 aromatic rings. The van der Waals surface area contributed by atoms with Crippen molar-refractivity contribution in [3.8, 4) is 0 Å². The van der Waals surface area contributed by atoms with E-state index in [0.717, 1.165) is 25.7 Å². The molecular weight excluding hydrogens is 263 g/mol. The van der Waals surface area contributed by atoms with Crippen LogP contribution in [-0.2, 0) is 6.18 Å². The topological polar surface area (TPSA) is 12.9 Å². The van der Waals surface area contributed by atoms with Crippen molar-refractivity contribution in [3.63, 3.8) is 0 Å². The molecule has 0 aromatic carbocycles. The highest BCUT2D eigenvalue weighted by Crippen LogP contribution is 2.40. The molecule has 20 heavy (non-hydrogen) atoms. The summed E-state index contributed by atoms with van der Waals surface area (Å²) in [5.74, 6) is 0.0460. The van der Waals surface area contributed by atoms with Gasteiger partial charge in [-0.1, -0.05) is 46.6 Å². The normalized spacial score (nSPS) is 15.0. The lowest BCUT2D eigenvalue weighted by molar-refractivity contribution is -0.142. The van der Waals surface area contributed by atoms with Crippen molar-refractivity contribution >= 4 is 0 Å². The molecule has 1 fully saturated rings. The van der Waals surface area contributed by atoms with Gasteiger partial charge in [-0.05, 0) is 37.3 Å². The van der Waals surface area contributed by atoms with Crippen LogP contribution in [0.3, 0.4) is 0 Å². The molecule has 0 N–H and O–H groups in total. The van der Waals surface area contributed by atoms with Gasteiger partial charge in [0.15, 0.2) is 0 Å². The second-order valence-electron chi connectivity index (χ2n) is 4.37. The number of nitrogens with zero attached hydrogens (tertiary/aromatic N) is 1. The Morgan fingerprint density at radius 3 is 1.95 bits per heavy atom. The van der Waals surface area contributed by atoms with Crippen LogP contribution in [0, 0.1) is 6.92 Å². The molecule has 1 saturated carbocycles. The van der Waals surface area contributed by atoms with E-state index in [4.69, 9.17) is 0 Å². The zero-order valence-electron chi connectivity index (χ0n) is 13.1. The lowest BCUT2D eigenvalue weighted by atomic mass is 9.95. The summed E-state index contributed by atoms with van der Waals surface area (Å²) in [5, 5.41) is 0. The average Bonchev–Trinajstić information content (AvgIpc) is 2.96. The Kier molecular flexibility index (Phi) is 8.51. The Bertz CT molecular complexity index is 380. The highest BCUT2D eigenvalue weighted by molar-refractivity contribution is 5.29. The van der Waals surface area contributed by atoms with Crippen LogP contribution in [-0.4, -0.2) is 4.98 Å². The van der Waals surface area contributed by atoms with E-state index in [1.165, 1.54) is 0 Å². The highest BCUT2D eigenvalue weighted by atomic mass is 19.4. The summed E-state index contributed by atoms with van der Waals surface area (Å²) in [4.78, 5) is 3.66. The summed E-state index contributed by atoms with van der Waals surface area (Å²) in [6.45, 7) is 9.59. The van der Waals surface area contributed by atoms with Gasteiger partial charge in [0.05, 0.1) is 0 Å². The van der Waals surface area contributed by atoms with Gasteiger partial charge in [0.1, 0.15) is 5.69 Å². The molecule has 0 radical (unpaired) electrons. The van der Waals surface area contributed by atoms with E-state index in [1.54, 1.807) is 19.1 Å². The van der Waals surface area contributed by atoms with Crippen LogP contribution >= 0.6 is 0 Å². The molecule has 0 aliphatic heterocycles. The van der Waals surface area contributed by atoms with Crippen molar-refractivity contribution in [1.82, 2.24) is 4.98 Å². The molecule has 0 unspecified atom stereocenters. The summed E-state index contributed by atoms with van der Waals surface area (Å²) >= 11 is 0. The SMILES string of the molecule is CC.CC.Cc1ccc(C2CCCC2)c(C(F)(F)F)n1. The van der Waals surface area contributed by atoms with Crippen molar-refractivity contribution in [1.29, 1.82) is 0 Å². The first kappa shape index (κ1) is 18.9. The molecule has 1 aliphatic carbocycles. The number of halogens is 3. The zero-order valence-corrected chi connectivity index (χ0v) is 13.1. The number of hydrogen-bond donors (Lipinski definition) is 0. The van der Waals surface area contributed by atoms with Gasteiger partial charge in [-0.3, -0.25) is 0 Å². The first-order chi connectivity index (χ1) is 9.48. The van der Waals surface area contributed by atoms with Crippen molar-refractivity contribution in [3.05, 3.63) is 29.1 Å². The van der Waals surface area contributed by atoms with Crippen LogP contribution in [0.4, 0.5) is 13.2 Å². The third kappa shape index (κ3) is 5.14. The molecular formula is C16H26F3N. The molecule has 1 aliphatic rings. The van der Waals surface area contributed by atoms with Crippen LogP contribution in [0.5, 0.6) is 0 Å². The number of aryl methyl sites for hydroxylation is 1. The lowest BCUT2D eigenvalue weighted by Crippen LogP contribution is -2.14. The van der Waals surface area contributed by atoms with Crippen LogP contribution in [0.15, 0.2) is 12.1 Å². The van der Waals surface area contributed by atoms with Gasteiger partial charge in [0, 0.05) is 5.69 Å². The summed E-state index contributed by atoms with van der Waals surface area (Å²) in [7, 11) is 0. The molecule has 4 heteroatoms. The predicted molar refractivity (Wildman–Crippen MR) is 77.9 cm³/mol. The first-order valence-electron chi connectivity index (χ1n) is 7.53.